The number of hydrogen-bond donors (Lipinski definition) is 0. The van der Waals surface area contributed by atoms with E-state index in [2.05, 4.69) is 18.9 Å². The lowest BCUT2D eigenvalue weighted by Crippen LogP contribution is -2.42. The molecule has 0 bridgehead atoms. The van der Waals surface area contributed by atoms with Crippen molar-refractivity contribution in [3.8, 4) is 0 Å². The van der Waals surface area contributed by atoms with E-state index in [4.69, 9.17) is 18.9 Å². The van der Waals surface area contributed by atoms with Gasteiger partial charge < -0.3 is 28.4 Å². The molecular weight excluding hydrogens is 1330 g/mol. The Morgan fingerprint density at radius 2 is 0.584 bits per heavy atom. The fourth-order valence-corrected chi connectivity index (χ4v) is 15.2. The molecule has 20 nitrogen and oxygen atoms in total. The number of hydrogen-bond acceptors (Lipinski definition) is 20. The SMILES string of the molecule is CC(=O)OC(COC(F)(F)F)CC1CCS(=O)(=O)CC1.CCC(=O)OC(COC(F)(F)C(C)(F)F)CC1CCS(=O)(=O)CC1.CCC(=O)OC(COC(F)(F)C(F)(F)F)CC1CCS(=O)(=O)CC1.CCC(=O)OC(COC(F)(F)F)CC1CCS(=O)(=O)CC1. The van der Waals surface area contributed by atoms with Gasteiger partial charge in [-0.1, -0.05) is 20.8 Å². The van der Waals surface area contributed by atoms with Gasteiger partial charge in [0, 0.05) is 33.1 Å². The van der Waals surface area contributed by atoms with Crippen molar-refractivity contribution in [1.29, 1.82) is 0 Å². The fourth-order valence-electron chi connectivity index (χ4n) is 8.81. The zero-order valence-electron chi connectivity index (χ0n) is 49.2. The summed E-state index contributed by atoms with van der Waals surface area (Å²) in [5, 5.41) is 0. The van der Waals surface area contributed by atoms with Crippen LogP contribution in [0.5, 0.6) is 0 Å². The molecule has 0 aromatic heterocycles. The van der Waals surface area contributed by atoms with E-state index in [1.165, 1.54) is 20.8 Å². The quantitative estimate of drug-likeness (QED) is 0.0443. The molecule has 89 heavy (non-hydrogen) atoms. The van der Waals surface area contributed by atoms with Crippen molar-refractivity contribution in [3.05, 3.63) is 0 Å². The van der Waals surface area contributed by atoms with Gasteiger partial charge in [-0.2, -0.15) is 39.5 Å². The van der Waals surface area contributed by atoms with Gasteiger partial charge >= 0.3 is 60.9 Å². The van der Waals surface area contributed by atoms with E-state index in [1.807, 2.05) is 0 Å². The van der Waals surface area contributed by atoms with Crippen molar-refractivity contribution < 1.29 is 157 Å². The van der Waals surface area contributed by atoms with Crippen LogP contribution in [0.3, 0.4) is 0 Å². The molecule has 4 atom stereocenters. The highest BCUT2D eigenvalue weighted by Gasteiger charge is 2.60. The van der Waals surface area contributed by atoms with Gasteiger partial charge in [-0.15, -0.1) is 26.3 Å². The summed E-state index contributed by atoms with van der Waals surface area (Å²) in [4.78, 5) is 44.8. The summed E-state index contributed by atoms with van der Waals surface area (Å²) in [5.74, 6) is -7.85. The standard InChI is InChI=1S/C14H22F4O5S.C13H19F5O5S.C12H19F3O5S.C11H17F3O5S/c1-3-12(19)23-11(9-22-14(17,18)13(2,15)16)8-10-4-6-24(20,21)7-5-10;1-2-11(19)23-10(8-22-13(17,18)12(14,15)16)7-9-3-5-24(20,21)6-4-9;1-2-11(16)20-10(8-19-12(13,14)15)7-9-3-5-21(17,18)6-4-9;1-8(15)19-10(7-18-11(12,13)14)6-9-2-4-20(16,17)5-3-9/h10-11H,3-9H2,1-2H3;9-10H,2-8H2,1H3;9-10H,2-8H2,1H3;9-10H,2-7H2,1H3. The normalized spacial score (nSPS) is 20.9. The third-order valence-electron chi connectivity index (χ3n) is 13.8. The summed E-state index contributed by atoms with van der Waals surface area (Å²) in [6, 6.07) is 0. The summed E-state index contributed by atoms with van der Waals surface area (Å²) in [6.07, 6.45) is -27.0. The van der Waals surface area contributed by atoms with Crippen LogP contribution in [0.15, 0.2) is 0 Å². The van der Waals surface area contributed by atoms with Crippen LogP contribution >= 0.6 is 0 Å². The molecule has 4 unspecified atom stereocenters. The molecule has 4 aliphatic rings. The molecule has 4 rings (SSSR count). The number of alkyl halides is 15. The van der Waals surface area contributed by atoms with Gasteiger partial charge in [-0.3, -0.25) is 28.7 Å². The van der Waals surface area contributed by atoms with Gasteiger partial charge in [-0.05, 0) is 101 Å². The lowest BCUT2D eigenvalue weighted by molar-refractivity contribution is -0.394. The van der Waals surface area contributed by atoms with Gasteiger partial charge in [0.15, 0.2) is 0 Å². The van der Waals surface area contributed by atoms with Crippen molar-refractivity contribution in [2.45, 2.75) is 192 Å². The first-order chi connectivity index (χ1) is 40.4. The number of rotatable bonds is 26. The molecule has 0 aromatic rings. The molecule has 0 amide bonds. The minimum absolute atomic E-state index is 0.00409. The van der Waals surface area contributed by atoms with E-state index < -0.39 is 151 Å². The van der Waals surface area contributed by atoms with Gasteiger partial charge in [0.1, 0.15) is 63.8 Å². The van der Waals surface area contributed by atoms with Gasteiger partial charge in [0.2, 0.25) is 0 Å². The molecule has 0 aliphatic carbocycles. The van der Waals surface area contributed by atoms with Gasteiger partial charge in [0.05, 0.1) is 72.5 Å². The number of sulfone groups is 4. The van der Waals surface area contributed by atoms with E-state index in [1.54, 1.807) is 0 Å². The van der Waals surface area contributed by atoms with Crippen LogP contribution < -0.4 is 0 Å². The van der Waals surface area contributed by atoms with E-state index in [9.17, 15) is 119 Å². The average molecular weight is 1410 g/mol. The number of halogens is 15. The Kier molecular flexibility index (Phi) is 34.0. The van der Waals surface area contributed by atoms with Crippen molar-refractivity contribution in [2.75, 3.05) is 72.5 Å². The number of esters is 4. The molecule has 39 heteroatoms. The van der Waals surface area contributed by atoms with Crippen molar-refractivity contribution in [1.82, 2.24) is 0 Å². The average Bonchev–Trinajstić information content (AvgIpc) is 1.38. The maximum absolute atomic E-state index is 13.2. The first-order valence-electron chi connectivity index (χ1n) is 27.9. The molecule has 0 saturated carbocycles. The molecule has 0 spiro atoms. The van der Waals surface area contributed by atoms with Crippen molar-refractivity contribution in [2.24, 2.45) is 23.7 Å². The maximum Gasteiger partial charge on any atom is 0.522 e. The second-order valence-corrected chi connectivity index (χ2v) is 30.7. The van der Waals surface area contributed by atoms with Gasteiger partial charge in [-0.25, -0.2) is 33.7 Å². The lowest BCUT2D eigenvalue weighted by atomic mass is 9.95. The molecule has 0 N–H and O–H groups in total. The number of carbonyl (C=O) groups excluding carboxylic acids is 4. The Hall–Kier alpha value is -3.53. The van der Waals surface area contributed by atoms with Gasteiger partial charge in [0.25, 0.3) is 0 Å². The summed E-state index contributed by atoms with van der Waals surface area (Å²) in [6.45, 7) is 2.08. The third kappa shape index (κ3) is 37.1. The summed E-state index contributed by atoms with van der Waals surface area (Å²) < 4.78 is 311. The molecule has 4 aliphatic heterocycles. The van der Waals surface area contributed by atoms with E-state index in [0.717, 1.165) is 6.92 Å². The highest BCUT2D eigenvalue weighted by atomic mass is 32.2. The predicted octanol–water partition coefficient (Wildman–Crippen LogP) is 9.21. The summed E-state index contributed by atoms with van der Waals surface area (Å²) in [7, 11) is -12.3. The second kappa shape index (κ2) is 36.2. The number of carbonyl (C=O) groups is 4. The minimum Gasteiger partial charge on any atom is -0.460 e. The Balaban J connectivity index is 0.000000595. The number of ether oxygens (including phenoxy) is 8. The second-order valence-electron chi connectivity index (χ2n) is 21.5. The van der Waals surface area contributed by atoms with Crippen LogP contribution in [0.2, 0.25) is 0 Å². The molecule has 4 fully saturated rings. The van der Waals surface area contributed by atoms with E-state index >= 15 is 0 Å². The van der Waals surface area contributed by atoms with E-state index in [-0.39, 0.29) is 134 Å². The Bertz CT molecular complexity index is 2500. The van der Waals surface area contributed by atoms with Crippen LogP contribution in [0.4, 0.5) is 65.9 Å². The van der Waals surface area contributed by atoms with Crippen molar-refractivity contribution in [3.63, 3.8) is 0 Å². The minimum atomic E-state index is -5.87. The zero-order chi connectivity index (χ0) is 68.7. The highest BCUT2D eigenvalue weighted by molar-refractivity contribution is 7.92. The first-order valence-corrected chi connectivity index (χ1v) is 35.2. The Labute approximate surface area is 506 Å². The van der Waals surface area contributed by atoms with E-state index in [0.29, 0.717) is 38.5 Å². The van der Waals surface area contributed by atoms with Crippen molar-refractivity contribution >= 4 is 63.2 Å². The fraction of sp³-hybridized carbons (Fsp3) is 0.920. The first kappa shape index (κ1) is 83.5. The molecule has 526 valence electrons. The van der Waals surface area contributed by atoms with Crippen LogP contribution in [-0.2, 0) is 96.4 Å². The largest absolute Gasteiger partial charge is 0.522 e. The molecule has 4 heterocycles. The Morgan fingerprint density at radius 3 is 0.775 bits per heavy atom. The summed E-state index contributed by atoms with van der Waals surface area (Å²) >= 11 is 0. The van der Waals surface area contributed by atoms with Crippen LogP contribution in [0.1, 0.15) is 131 Å². The molecular formula is C50H77F15O20S4. The zero-order valence-corrected chi connectivity index (χ0v) is 52.4. The van der Waals surface area contributed by atoms with Crippen LogP contribution in [-0.4, -0.2) is 191 Å². The molecule has 0 aromatic carbocycles. The van der Waals surface area contributed by atoms with Crippen LogP contribution in [0.25, 0.3) is 0 Å². The lowest BCUT2D eigenvalue weighted by Gasteiger charge is -2.29. The topological polar surface area (TPSA) is 279 Å². The smallest absolute Gasteiger partial charge is 0.460 e. The van der Waals surface area contributed by atoms with Crippen LogP contribution in [0, 0.1) is 23.7 Å². The Morgan fingerprint density at radius 1 is 0.371 bits per heavy atom. The highest BCUT2D eigenvalue weighted by Crippen LogP contribution is 2.38. The third-order valence-corrected chi connectivity index (χ3v) is 20.6. The molecule has 4 saturated heterocycles. The maximum atomic E-state index is 13.2. The summed E-state index contributed by atoms with van der Waals surface area (Å²) in [5.41, 5.74) is 0. The monoisotopic (exact) mass is 1410 g/mol. The predicted molar refractivity (Wildman–Crippen MR) is 283 cm³/mol. The molecule has 0 radical (unpaired) electrons.